The standard InChI is InChI=1S/C44H51FN8O6/c1-24(2)59-39-20-34-27(22-53(48-34)35-5-4-15-52(44(35)58)37-19-33(37)45)17-32(39)43(57)46-28-9-6-25(7-10-28)21-51-16-14-29(38(54)23-51)26-8-11-30-36(18-26)50(3)49-41(30)31-12-13-40(55)47-42(31)56/h4-5,8,11,15,17-18,20,22,24-25,28-29,31,33,37-38,54H,6-7,9-10,12-14,16,19,21,23H2,1-3H3,(H,46,57)(H,47,55,56)/t25?,28?,29-,31?,33+,37-,38-/m0/s1. The third-order valence-electron chi connectivity index (χ3n) is 12.7. The van der Waals surface area contributed by atoms with Crippen molar-refractivity contribution in [3.8, 4) is 11.4 Å². The number of aryl methyl sites for hydroxylation is 1. The van der Waals surface area contributed by atoms with Gasteiger partial charge in [0.25, 0.3) is 11.5 Å². The maximum Gasteiger partial charge on any atom is 0.276 e. The summed E-state index contributed by atoms with van der Waals surface area (Å²) < 4.78 is 24.6. The van der Waals surface area contributed by atoms with Crippen LogP contribution in [0.15, 0.2) is 59.7 Å². The second kappa shape index (κ2) is 15.6. The fraction of sp³-hybridized carbons (Fsp3) is 0.500. The number of hydrogen-bond acceptors (Lipinski definition) is 9. The van der Waals surface area contributed by atoms with Gasteiger partial charge < -0.3 is 24.6 Å². The molecule has 2 aliphatic carbocycles. The molecule has 5 aromatic rings. The SMILES string of the molecule is CC(C)Oc1cc2nn(-c3cccn([C@H]4C[C@H]4F)c3=O)cc2cc1C(=O)NC1CCC(CN2CC[C@@H](c3ccc4c(C5CCC(=O)NC5=O)nn(C)c4c3)[C@@H](O)C2)CC1. The number of alkyl halides is 1. The van der Waals surface area contributed by atoms with Crippen molar-refractivity contribution in [1.82, 2.24) is 39.7 Å². The molecule has 3 aromatic heterocycles. The van der Waals surface area contributed by atoms with E-state index < -0.39 is 24.2 Å². The van der Waals surface area contributed by atoms with E-state index in [4.69, 9.17) is 4.74 Å². The lowest BCUT2D eigenvalue weighted by atomic mass is 9.83. The van der Waals surface area contributed by atoms with Gasteiger partial charge in [0.1, 0.15) is 17.6 Å². The molecule has 4 fully saturated rings. The molecule has 3 amide bonds. The number of rotatable bonds is 10. The Hall–Kier alpha value is -5.41. The number of hydrogen-bond donors (Lipinski definition) is 3. The number of nitrogens with one attached hydrogen (secondary N) is 2. The number of carbonyl (C=O) groups excluding carboxylic acids is 3. The van der Waals surface area contributed by atoms with Crippen LogP contribution >= 0.6 is 0 Å². The summed E-state index contributed by atoms with van der Waals surface area (Å²) in [6.07, 6.45) is 7.13. The third-order valence-corrected chi connectivity index (χ3v) is 12.7. The van der Waals surface area contributed by atoms with Crippen molar-refractivity contribution in [1.29, 1.82) is 0 Å². The number of aromatic nitrogens is 5. The van der Waals surface area contributed by atoms with Crippen LogP contribution in [0.25, 0.3) is 27.5 Å². The van der Waals surface area contributed by atoms with E-state index >= 15 is 0 Å². The lowest BCUT2D eigenvalue weighted by Gasteiger charge is -2.39. The van der Waals surface area contributed by atoms with Gasteiger partial charge in [-0.25, -0.2) is 9.07 Å². The molecule has 2 saturated heterocycles. The Bertz CT molecular complexity index is 2500. The quantitative estimate of drug-likeness (QED) is 0.168. The van der Waals surface area contributed by atoms with Crippen molar-refractivity contribution in [2.45, 2.75) is 108 Å². The molecule has 5 heterocycles. The number of benzene rings is 2. The number of piperidine rings is 2. The molecule has 1 unspecified atom stereocenters. The van der Waals surface area contributed by atoms with Crippen molar-refractivity contribution in [2.24, 2.45) is 13.0 Å². The van der Waals surface area contributed by atoms with Gasteiger partial charge in [0, 0.05) is 74.2 Å². The molecule has 14 nitrogen and oxygen atoms in total. The van der Waals surface area contributed by atoms with Crippen LogP contribution in [0.1, 0.15) is 105 Å². The highest BCUT2D eigenvalue weighted by atomic mass is 19.1. The maximum absolute atomic E-state index is 13.8. The molecule has 0 bridgehead atoms. The normalized spacial score (nSPS) is 26.4. The first-order chi connectivity index (χ1) is 28.4. The number of imide groups is 1. The molecule has 59 heavy (non-hydrogen) atoms. The van der Waals surface area contributed by atoms with Gasteiger partial charge in [-0.05, 0) is 94.7 Å². The molecule has 2 aromatic carbocycles. The number of carbonyl (C=O) groups is 3. The van der Waals surface area contributed by atoms with Gasteiger partial charge in [0.2, 0.25) is 11.8 Å². The van der Waals surface area contributed by atoms with Crippen molar-refractivity contribution < 1.29 is 28.6 Å². The van der Waals surface area contributed by atoms with Crippen LogP contribution in [0.5, 0.6) is 5.75 Å². The lowest BCUT2D eigenvalue weighted by Crippen LogP contribution is -2.46. The first-order valence-corrected chi connectivity index (χ1v) is 21.0. The fourth-order valence-electron chi connectivity index (χ4n) is 9.49. The van der Waals surface area contributed by atoms with E-state index in [1.165, 1.54) is 9.25 Å². The first-order valence-electron chi connectivity index (χ1n) is 21.0. The highest BCUT2D eigenvalue weighted by molar-refractivity contribution is 6.03. The summed E-state index contributed by atoms with van der Waals surface area (Å²) in [6, 6.07) is 12.6. The maximum atomic E-state index is 13.8. The summed E-state index contributed by atoms with van der Waals surface area (Å²) in [6.45, 7) is 6.16. The Morgan fingerprint density at radius 1 is 1.05 bits per heavy atom. The lowest BCUT2D eigenvalue weighted by molar-refractivity contribution is -0.134. The topological polar surface area (TPSA) is 166 Å². The zero-order valence-corrected chi connectivity index (χ0v) is 33.6. The number of pyridine rings is 1. The van der Waals surface area contributed by atoms with E-state index in [9.17, 15) is 28.7 Å². The molecule has 5 atom stereocenters. The summed E-state index contributed by atoms with van der Waals surface area (Å²) in [5, 5.41) is 28.0. The van der Waals surface area contributed by atoms with Crippen molar-refractivity contribution in [2.75, 3.05) is 19.6 Å². The Labute approximate surface area is 340 Å². The van der Waals surface area contributed by atoms with Crippen LogP contribution in [0, 0.1) is 5.92 Å². The van der Waals surface area contributed by atoms with Gasteiger partial charge in [-0.3, -0.25) is 29.2 Å². The average molecular weight is 807 g/mol. The number of ether oxygens (including phenoxy) is 1. The Morgan fingerprint density at radius 3 is 2.58 bits per heavy atom. The highest BCUT2D eigenvalue weighted by Gasteiger charge is 2.40. The van der Waals surface area contributed by atoms with Crippen molar-refractivity contribution >= 4 is 39.5 Å². The number of aliphatic hydroxyl groups is 1. The summed E-state index contributed by atoms with van der Waals surface area (Å²) in [4.78, 5) is 53.7. The highest BCUT2D eigenvalue weighted by Crippen LogP contribution is 2.38. The van der Waals surface area contributed by atoms with Gasteiger partial charge in [0.15, 0.2) is 0 Å². The van der Waals surface area contributed by atoms with Gasteiger partial charge in [-0.15, -0.1) is 0 Å². The molecule has 0 radical (unpaired) electrons. The summed E-state index contributed by atoms with van der Waals surface area (Å²) in [5.74, 6) is -0.355. The van der Waals surface area contributed by atoms with Gasteiger partial charge in [-0.1, -0.05) is 12.1 Å². The zero-order valence-electron chi connectivity index (χ0n) is 33.6. The summed E-state index contributed by atoms with van der Waals surface area (Å²) in [7, 11) is 1.86. The second-order valence-electron chi connectivity index (χ2n) is 17.3. The number of amides is 3. The van der Waals surface area contributed by atoms with E-state index in [0.717, 1.165) is 61.7 Å². The molecule has 3 N–H and O–H groups in total. The monoisotopic (exact) mass is 806 g/mol. The zero-order chi connectivity index (χ0) is 41.1. The van der Waals surface area contributed by atoms with Crippen LogP contribution in [0.3, 0.4) is 0 Å². The largest absolute Gasteiger partial charge is 0.490 e. The number of halogens is 1. The number of fused-ring (bicyclic) bond motifs is 2. The van der Waals surface area contributed by atoms with E-state index in [1.54, 1.807) is 41.3 Å². The van der Waals surface area contributed by atoms with Gasteiger partial charge in [-0.2, -0.15) is 10.2 Å². The minimum absolute atomic E-state index is 0.0131. The molecular weight excluding hydrogens is 756 g/mol. The van der Waals surface area contributed by atoms with E-state index in [2.05, 4.69) is 31.8 Å². The predicted molar refractivity (Wildman–Crippen MR) is 218 cm³/mol. The van der Waals surface area contributed by atoms with Crippen molar-refractivity contribution in [3.05, 3.63) is 82.0 Å². The molecule has 9 rings (SSSR count). The second-order valence-corrected chi connectivity index (χ2v) is 17.3. The molecule has 15 heteroatoms. The van der Waals surface area contributed by atoms with Gasteiger partial charge >= 0.3 is 0 Å². The molecule has 2 aliphatic heterocycles. The van der Waals surface area contributed by atoms with Crippen LogP contribution in [-0.2, 0) is 16.6 Å². The molecule has 4 aliphatic rings. The number of likely N-dealkylation sites (tertiary alicyclic amines) is 1. The summed E-state index contributed by atoms with van der Waals surface area (Å²) in [5.41, 5.74) is 3.62. The van der Waals surface area contributed by atoms with Crippen molar-refractivity contribution in [3.63, 3.8) is 0 Å². The molecular formula is C44H51FN8O6. The summed E-state index contributed by atoms with van der Waals surface area (Å²) >= 11 is 0. The van der Waals surface area contributed by atoms with E-state index in [-0.39, 0.29) is 41.3 Å². The van der Waals surface area contributed by atoms with Crippen LogP contribution in [0.2, 0.25) is 0 Å². The first kappa shape index (κ1) is 39.1. The van der Waals surface area contributed by atoms with Gasteiger partial charge in [0.05, 0.1) is 46.5 Å². The van der Waals surface area contributed by atoms with E-state index in [0.29, 0.717) is 65.3 Å². The van der Waals surface area contributed by atoms with Crippen LogP contribution in [-0.4, -0.2) is 95.9 Å². The smallest absolute Gasteiger partial charge is 0.276 e. The molecule has 0 spiro atoms. The molecule has 310 valence electrons. The number of β-amino-alcohol motifs (C(OH)–C–C–N with tert-alkyl or cyclic N) is 1. The molecule has 2 saturated carbocycles. The number of nitrogens with zero attached hydrogens (tertiary/aromatic N) is 6. The average Bonchev–Trinajstić information content (AvgIpc) is 3.63. The third kappa shape index (κ3) is 7.77. The van der Waals surface area contributed by atoms with Crippen LogP contribution in [0.4, 0.5) is 4.39 Å². The number of aliphatic hydroxyl groups excluding tert-OH is 1. The Balaban J connectivity index is 0.807. The minimum atomic E-state index is -1.02. The Morgan fingerprint density at radius 2 is 1.85 bits per heavy atom. The minimum Gasteiger partial charge on any atom is -0.490 e. The Kier molecular flexibility index (Phi) is 10.4. The predicted octanol–water partition coefficient (Wildman–Crippen LogP) is 4.80. The fourth-order valence-corrected chi connectivity index (χ4v) is 9.49. The van der Waals surface area contributed by atoms with E-state index in [1.807, 2.05) is 33.0 Å². The van der Waals surface area contributed by atoms with Crippen LogP contribution < -0.4 is 20.9 Å².